The second-order valence-electron chi connectivity index (χ2n) is 1.99. The third kappa shape index (κ3) is 7.84. The van der Waals surface area contributed by atoms with Crippen molar-refractivity contribution in [3.63, 3.8) is 0 Å². The fraction of sp³-hybridized carbons (Fsp3) is 1.00. The van der Waals surface area contributed by atoms with Crippen molar-refractivity contribution in [3.05, 3.63) is 0 Å². The topological polar surface area (TPSA) is 69.9 Å². The van der Waals surface area contributed by atoms with Gasteiger partial charge in [-0.05, 0) is 12.8 Å². The van der Waals surface area contributed by atoms with Gasteiger partial charge in [-0.25, -0.2) is 0 Å². The van der Waals surface area contributed by atoms with Crippen LogP contribution in [0.3, 0.4) is 0 Å². The van der Waals surface area contributed by atoms with Crippen LogP contribution in [0.25, 0.3) is 0 Å². The molecule has 0 spiro atoms. The Bertz CT molecular complexity index is 64.8. The Kier molecular flexibility index (Phi) is 6.84. The van der Waals surface area contributed by atoms with E-state index in [1.165, 1.54) is 0 Å². The lowest BCUT2D eigenvalue weighted by molar-refractivity contribution is -0.0950. The molecule has 0 heterocycles. The van der Waals surface area contributed by atoms with Crippen LogP contribution in [0.2, 0.25) is 0 Å². The Morgan fingerprint density at radius 2 is 1.90 bits per heavy atom. The molecule has 0 radical (unpaired) electrons. The van der Waals surface area contributed by atoms with Gasteiger partial charge in [-0.2, -0.15) is 0 Å². The van der Waals surface area contributed by atoms with Crippen molar-refractivity contribution < 1.29 is 20.1 Å². The van der Waals surface area contributed by atoms with E-state index in [4.69, 9.17) is 20.1 Å². The number of rotatable bonds is 6. The van der Waals surface area contributed by atoms with Crippen molar-refractivity contribution in [2.75, 3.05) is 19.8 Å². The predicted octanol–water partition coefficient (Wildman–Crippen LogP) is -0.914. The minimum absolute atomic E-state index is 0.0502. The molecule has 0 aliphatic rings. The van der Waals surface area contributed by atoms with Crippen LogP contribution in [-0.2, 0) is 4.74 Å². The number of hydrogen-bond donors (Lipinski definition) is 3. The molecule has 0 saturated heterocycles. The maximum atomic E-state index is 8.32. The van der Waals surface area contributed by atoms with E-state index in [2.05, 4.69) is 0 Å². The highest BCUT2D eigenvalue weighted by atomic mass is 16.5. The number of aliphatic hydroxyl groups is 3. The monoisotopic (exact) mass is 150 g/mol. The van der Waals surface area contributed by atoms with Gasteiger partial charge in [-0.1, -0.05) is 0 Å². The van der Waals surface area contributed by atoms with Crippen LogP contribution in [0.1, 0.15) is 12.8 Å². The fourth-order valence-electron chi connectivity index (χ4n) is 0.505. The smallest absolute Gasteiger partial charge is 0.175 e. The molecular formula is C6H14O4. The summed E-state index contributed by atoms with van der Waals surface area (Å²) in [7, 11) is 0. The van der Waals surface area contributed by atoms with Crippen LogP contribution in [0.15, 0.2) is 0 Å². The van der Waals surface area contributed by atoms with E-state index >= 15 is 0 Å². The summed E-state index contributed by atoms with van der Waals surface area (Å²) >= 11 is 0. The lowest BCUT2D eigenvalue weighted by Gasteiger charge is -2.03. The first-order valence-electron chi connectivity index (χ1n) is 3.32. The Morgan fingerprint density at radius 3 is 2.40 bits per heavy atom. The largest absolute Gasteiger partial charge is 0.396 e. The van der Waals surface area contributed by atoms with Gasteiger partial charge in [0.05, 0.1) is 6.61 Å². The molecule has 4 nitrogen and oxygen atoms in total. The molecule has 0 bridgehead atoms. The van der Waals surface area contributed by atoms with Gasteiger partial charge in [-0.15, -0.1) is 0 Å². The van der Waals surface area contributed by atoms with E-state index in [9.17, 15) is 0 Å². The molecule has 10 heavy (non-hydrogen) atoms. The van der Waals surface area contributed by atoms with E-state index in [-0.39, 0.29) is 13.2 Å². The molecule has 0 atom stereocenters. The van der Waals surface area contributed by atoms with E-state index < -0.39 is 6.29 Å². The molecule has 0 unspecified atom stereocenters. The summed E-state index contributed by atoms with van der Waals surface area (Å²) in [6, 6.07) is 0. The summed E-state index contributed by atoms with van der Waals surface area (Å²) in [6.07, 6.45) is 0.0687. The van der Waals surface area contributed by atoms with E-state index in [1.807, 2.05) is 0 Å². The van der Waals surface area contributed by atoms with Crippen LogP contribution in [0, 0.1) is 0 Å². The molecule has 0 saturated carbocycles. The molecule has 62 valence electrons. The number of ether oxygens (including phenoxy) is 1. The van der Waals surface area contributed by atoms with Crippen LogP contribution in [0.4, 0.5) is 0 Å². The Morgan fingerprint density at radius 1 is 1.20 bits per heavy atom. The normalized spacial score (nSPS) is 10.8. The maximum absolute atomic E-state index is 8.32. The number of hydrogen-bond acceptors (Lipinski definition) is 4. The zero-order valence-corrected chi connectivity index (χ0v) is 5.86. The zero-order chi connectivity index (χ0) is 7.82. The first-order valence-corrected chi connectivity index (χ1v) is 3.32. The van der Waals surface area contributed by atoms with Crippen molar-refractivity contribution in [2.45, 2.75) is 19.1 Å². The van der Waals surface area contributed by atoms with Crippen molar-refractivity contribution in [3.8, 4) is 0 Å². The molecule has 0 aromatic heterocycles. The molecule has 0 aliphatic heterocycles. The highest BCUT2D eigenvalue weighted by molar-refractivity contribution is 4.37. The van der Waals surface area contributed by atoms with E-state index in [0.717, 1.165) is 6.42 Å². The lowest BCUT2D eigenvalue weighted by Crippen LogP contribution is -2.14. The van der Waals surface area contributed by atoms with Gasteiger partial charge in [-0.3, -0.25) is 0 Å². The first kappa shape index (κ1) is 9.84. The van der Waals surface area contributed by atoms with Crippen molar-refractivity contribution >= 4 is 0 Å². The van der Waals surface area contributed by atoms with Crippen molar-refractivity contribution in [1.29, 1.82) is 0 Å². The second-order valence-corrected chi connectivity index (χ2v) is 1.99. The summed E-state index contributed by atoms with van der Waals surface area (Å²) in [5, 5.41) is 24.9. The standard InChI is InChI=1S/C6H14O4/c7-3-1-2-4-10-5-6(8)9/h6-9H,1-5H2. The van der Waals surface area contributed by atoms with Crippen molar-refractivity contribution in [1.82, 2.24) is 0 Å². The molecule has 0 amide bonds. The van der Waals surface area contributed by atoms with Gasteiger partial charge in [0, 0.05) is 13.2 Å². The molecule has 0 fully saturated rings. The Labute approximate surface area is 60.1 Å². The van der Waals surface area contributed by atoms with Crippen molar-refractivity contribution in [2.24, 2.45) is 0 Å². The van der Waals surface area contributed by atoms with E-state index in [1.54, 1.807) is 0 Å². The first-order chi connectivity index (χ1) is 4.77. The minimum atomic E-state index is -1.38. The van der Waals surface area contributed by atoms with Crippen LogP contribution in [0.5, 0.6) is 0 Å². The third-order valence-corrected chi connectivity index (χ3v) is 0.964. The molecule has 0 rings (SSSR count). The molecule has 0 aromatic carbocycles. The summed E-state index contributed by atoms with van der Waals surface area (Å²) in [5.74, 6) is 0. The zero-order valence-electron chi connectivity index (χ0n) is 5.86. The Balaban J connectivity index is 2.77. The van der Waals surface area contributed by atoms with Gasteiger partial charge in [0.2, 0.25) is 0 Å². The SMILES string of the molecule is OCCCCOCC(O)O. The van der Waals surface area contributed by atoms with Gasteiger partial charge in [0.15, 0.2) is 6.29 Å². The van der Waals surface area contributed by atoms with Crippen LogP contribution >= 0.6 is 0 Å². The summed E-state index contributed by atoms with van der Waals surface area (Å²) in [6.45, 7) is 0.578. The second kappa shape index (κ2) is 6.95. The quantitative estimate of drug-likeness (QED) is 0.338. The number of unbranched alkanes of at least 4 members (excludes halogenated alkanes) is 1. The minimum Gasteiger partial charge on any atom is -0.396 e. The fourth-order valence-corrected chi connectivity index (χ4v) is 0.505. The van der Waals surface area contributed by atoms with Crippen LogP contribution < -0.4 is 0 Å². The van der Waals surface area contributed by atoms with Gasteiger partial charge < -0.3 is 20.1 Å². The van der Waals surface area contributed by atoms with Gasteiger partial charge in [0.1, 0.15) is 0 Å². The summed E-state index contributed by atoms with van der Waals surface area (Å²) < 4.78 is 4.79. The highest BCUT2D eigenvalue weighted by Crippen LogP contribution is 1.88. The molecule has 3 N–H and O–H groups in total. The summed E-state index contributed by atoms with van der Waals surface area (Å²) in [4.78, 5) is 0. The van der Waals surface area contributed by atoms with Crippen LogP contribution in [-0.4, -0.2) is 41.4 Å². The average molecular weight is 150 g/mol. The predicted molar refractivity (Wildman–Crippen MR) is 35.4 cm³/mol. The average Bonchev–Trinajstić information content (AvgIpc) is 1.87. The van der Waals surface area contributed by atoms with Gasteiger partial charge >= 0.3 is 0 Å². The molecule has 4 heteroatoms. The Hall–Kier alpha value is -0.160. The maximum Gasteiger partial charge on any atom is 0.175 e. The molecule has 0 aromatic rings. The lowest BCUT2D eigenvalue weighted by atomic mass is 10.3. The molecular weight excluding hydrogens is 136 g/mol. The number of aliphatic hydroxyl groups excluding tert-OH is 2. The van der Waals surface area contributed by atoms with Gasteiger partial charge in [0.25, 0.3) is 0 Å². The third-order valence-electron chi connectivity index (χ3n) is 0.964. The highest BCUT2D eigenvalue weighted by Gasteiger charge is 1.95. The molecule has 0 aliphatic carbocycles. The van der Waals surface area contributed by atoms with E-state index in [0.29, 0.717) is 13.0 Å². The summed E-state index contributed by atoms with van der Waals surface area (Å²) in [5.41, 5.74) is 0.